The third-order valence-electron chi connectivity index (χ3n) is 4.10. The second-order valence-electron chi connectivity index (χ2n) is 5.91. The van der Waals surface area contributed by atoms with Gasteiger partial charge in [0.15, 0.2) is 0 Å². The summed E-state index contributed by atoms with van der Waals surface area (Å²) in [7, 11) is 1.63. The molecule has 120 valence electrons. The van der Waals surface area contributed by atoms with Crippen LogP contribution in [0.5, 0.6) is 0 Å². The fourth-order valence-corrected chi connectivity index (χ4v) is 3.01. The van der Waals surface area contributed by atoms with E-state index in [9.17, 15) is 9.59 Å². The highest BCUT2D eigenvalue weighted by atomic mass is 16.5. The Morgan fingerprint density at radius 3 is 2.76 bits per heavy atom. The van der Waals surface area contributed by atoms with Crippen molar-refractivity contribution in [1.82, 2.24) is 10.2 Å². The quantitative estimate of drug-likeness (QED) is 0.732. The van der Waals surface area contributed by atoms with Crippen LogP contribution in [0.15, 0.2) is 12.2 Å². The van der Waals surface area contributed by atoms with E-state index in [-0.39, 0.29) is 17.7 Å². The zero-order valence-corrected chi connectivity index (χ0v) is 13.8. The number of likely N-dealkylation sites (tertiary alicyclic amines) is 1. The van der Waals surface area contributed by atoms with Gasteiger partial charge in [0.05, 0.1) is 0 Å². The minimum Gasteiger partial charge on any atom is -0.374 e. The molecule has 1 saturated heterocycles. The summed E-state index contributed by atoms with van der Waals surface area (Å²) in [6, 6.07) is 0. The second kappa shape index (κ2) is 7.59. The molecule has 1 aliphatic rings. The Kier molecular flexibility index (Phi) is 6.40. The van der Waals surface area contributed by atoms with Crippen molar-refractivity contribution < 1.29 is 14.3 Å². The Bertz CT molecular complexity index is 408. The van der Waals surface area contributed by atoms with Crippen LogP contribution < -0.4 is 5.32 Å². The van der Waals surface area contributed by atoms with E-state index in [1.807, 2.05) is 26.0 Å². The number of hydrogen-bond donors (Lipinski definition) is 1. The summed E-state index contributed by atoms with van der Waals surface area (Å²) in [5.41, 5.74) is -0.582. The summed E-state index contributed by atoms with van der Waals surface area (Å²) < 4.78 is 5.67. The zero-order chi connectivity index (χ0) is 16.0. The Morgan fingerprint density at radius 2 is 2.29 bits per heavy atom. The number of carbonyl (C=O) groups is 2. The molecule has 1 rings (SSSR count). The van der Waals surface area contributed by atoms with Crippen molar-refractivity contribution in [2.24, 2.45) is 5.92 Å². The van der Waals surface area contributed by atoms with E-state index in [0.29, 0.717) is 13.0 Å². The van der Waals surface area contributed by atoms with Crippen molar-refractivity contribution in [2.75, 3.05) is 13.7 Å². The van der Waals surface area contributed by atoms with E-state index in [1.54, 1.807) is 12.0 Å². The third-order valence-corrected chi connectivity index (χ3v) is 4.10. The predicted molar refractivity (Wildman–Crippen MR) is 82.6 cm³/mol. The van der Waals surface area contributed by atoms with E-state index in [0.717, 1.165) is 12.8 Å². The molecular weight excluding hydrogens is 268 g/mol. The van der Waals surface area contributed by atoms with Gasteiger partial charge in [-0.1, -0.05) is 25.5 Å². The maximum Gasteiger partial charge on any atom is 0.224 e. The van der Waals surface area contributed by atoms with Gasteiger partial charge in [-0.3, -0.25) is 9.59 Å². The molecule has 0 bridgehead atoms. The van der Waals surface area contributed by atoms with Gasteiger partial charge in [-0.2, -0.15) is 0 Å². The first-order chi connectivity index (χ1) is 9.87. The minimum absolute atomic E-state index is 0.0660. The molecule has 0 aromatic carbocycles. The van der Waals surface area contributed by atoms with Gasteiger partial charge < -0.3 is 15.0 Å². The number of nitrogens with zero attached hydrogens (tertiary/aromatic N) is 1. The summed E-state index contributed by atoms with van der Waals surface area (Å²) >= 11 is 0. The van der Waals surface area contributed by atoms with Crippen molar-refractivity contribution in [3.8, 4) is 0 Å². The zero-order valence-electron chi connectivity index (χ0n) is 13.8. The van der Waals surface area contributed by atoms with Gasteiger partial charge in [0, 0.05) is 32.9 Å². The molecule has 0 aromatic rings. The molecule has 3 atom stereocenters. The number of carbonyl (C=O) groups excluding carboxylic acids is 2. The Labute approximate surface area is 127 Å². The summed E-state index contributed by atoms with van der Waals surface area (Å²) in [5.74, 6) is 0.124. The van der Waals surface area contributed by atoms with Crippen molar-refractivity contribution >= 4 is 11.8 Å². The topological polar surface area (TPSA) is 58.6 Å². The third kappa shape index (κ3) is 4.30. The first kappa shape index (κ1) is 17.7. The lowest BCUT2D eigenvalue weighted by atomic mass is 9.95. The number of hydrogen-bond acceptors (Lipinski definition) is 3. The smallest absolute Gasteiger partial charge is 0.224 e. The lowest BCUT2D eigenvalue weighted by Gasteiger charge is -2.41. The van der Waals surface area contributed by atoms with Crippen molar-refractivity contribution in [1.29, 1.82) is 0 Å². The van der Waals surface area contributed by atoms with Gasteiger partial charge in [0.1, 0.15) is 11.8 Å². The number of ether oxygens (including phenoxy) is 1. The maximum atomic E-state index is 12.3. The molecule has 0 spiro atoms. The highest BCUT2D eigenvalue weighted by Crippen LogP contribution is 2.29. The van der Waals surface area contributed by atoms with E-state index < -0.39 is 11.8 Å². The van der Waals surface area contributed by atoms with Crippen LogP contribution in [0.4, 0.5) is 0 Å². The van der Waals surface area contributed by atoms with Crippen LogP contribution in [0, 0.1) is 5.92 Å². The highest BCUT2D eigenvalue weighted by molar-refractivity contribution is 5.80. The predicted octanol–water partition coefficient (Wildman–Crippen LogP) is 2.08. The molecule has 0 radical (unpaired) electrons. The van der Waals surface area contributed by atoms with Crippen LogP contribution in [-0.2, 0) is 14.3 Å². The maximum absolute atomic E-state index is 12.3. The lowest BCUT2D eigenvalue weighted by Crippen LogP contribution is -2.61. The summed E-state index contributed by atoms with van der Waals surface area (Å²) in [4.78, 5) is 25.7. The summed E-state index contributed by atoms with van der Waals surface area (Å²) in [6.45, 7) is 8.06. The van der Waals surface area contributed by atoms with E-state index in [4.69, 9.17) is 4.74 Å². The summed E-state index contributed by atoms with van der Waals surface area (Å²) in [6.07, 6.45) is 5.77. The molecule has 2 amide bonds. The van der Waals surface area contributed by atoms with E-state index in [2.05, 4.69) is 12.2 Å². The molecular formula is C16H28N2O3. The van der Waals surface area contributed by atoms with Crippen LogP contribution in [0.3, 0.4) is 0 Å². The minimum atomic E-state index is -0.582. The van der Waals surface area contributed by atoms with Gasteiger partial charge >= 0.3 is 0 Å². The van der Waals surface area contributed by atoms with Gasteiger partial charge in [-0.05, 0) is 20.3 Å². The number of rotatable bonds is 7. The molecule has 1 heterocycles. The molecule has 1 N–H and O–H groups in total. The van der Waals surface area contributed by atoms with Crippen LogP contribution in [0.25, 0.3) is 0 Å². The van der Waals surface area contributed by atoms with Crippen LogP contribution >= 0.6 is 0 Å². The number of methoxy groups -OCH3 is 1. The second-order valence-corrected chi connectivity index (χ2v) is 5.91. The molecule has 5 heteroatoms. The average molecular weight is 296 g/mol. The molecule has 0 aromatic heterocycles. The van der Waals surface area contributed by atoms with Gasteiger partial charge in [-0.15, -0.1) is 0 Å². The monoisotopic (exact) mass is 296 g/mol. The molecule has 21 heavy (non-hydrogen) atoms. The number of allylic oxidation sites excluding steroid dienone is 1. The van der Waals surface area contributed by atoms with Gasteiger partial charge in [-0.25, -0.2) is 0 Å². The van der Waals surface area contributed by atoms with Crippen LogP contribution in [0.2, 0.25) is 0 Å². The molecule has 0 aliphatic carbocycles. The van der Waals surface area contributed by atoms with E-state index >= 15 is 0 Å². The number of nitrogens with one attached hydrogen (secondary N) is 1. The van der Waals surface area contributed by atoms with Crippen molar-refractivity contribution in [2.45, 2.75) is 58.7 Å². The first-order valence-corrected chi connectivity index (χ1v) is 7.62. The van der Waals surface area contributed by atoms with Crippen molar-refractivity contribution in [3.05, 3.63) is 12.2 Å². The number of amides is 2. The lowest BCUT2D eigenvalue weighted by molar-refractivity contribution is -0.144. The van der Waals surface area contributed by atoms with Gasteiger partial charge in [0.25, 0.3) is 0 Å². The Morgan fingerprint density at radius 1 is 1.62 bits per heavy atom. The fourth-order valence-electron chi connectivity index (χ4n) is 3.01. The Balaban J connectivity index is 3.02. The first-order valence-electron chi connectivity index (χ1n) is 7.62. The Hall–Kier alpha value is -1.36. The highest BCUT2D eigenvalue weighted by Gasteiger charge is 2.43. The molecule has 1 aliphatic heterocycles. The molecule has 3 unspecified atom stereocenters. The normalized spacial score (nSPS) is 23.4. The summed E-state index contributed by atoms with van der Waals surface area (Å²) in [5, 5.41) is 2.91. The molecule has 1 fully saturated rings. The largest absolute Gasteiger partial charge is 0.374 e. The molecule has 5 nitrogen and oxygen atoms in total. The standard InChI is InChI=1S/C16H28N2O3/c1-6-8-13-10-14(20)18(11-13)15(17-12(3)19)16(4,21-5)9-7-2/h6,8,13,15H,7,9-11H2,1-5H3,(H,17,19). The average Bonchev–Trinajstić information content (AvgIpc) is 2.77. The van der Waals surface area contributed by atoms with Crippen LogP contribution in [0.1, 0.15) is 47.0 Å². The van der Waals surface area contributed by atoms with E-state index in [1.165, 1.54) is 6.92 Å². The van der Waals surface area contributed by atoms with Gasteiger partial charge in [0.2, 0.25) is 11.8 Å². The van der Waals surface area contributed by atoms with Crippen LogP contribution in [-0.4, -0.2) is 42.1 Å². The SMILES string of the molecule is CC=CC1CC(=O)N(C(NC(C)=O)C(C)(CCC)OC)C1. The molecule has 0 saturated carbocycles. The van der Waals surface area contributed by atoms with Crippen molar-refractivity contribution in [3.63, 3.8) is 0 Å². The fraction of sp³-hybridized carbons (Fsp3) is 0.750.